The first-order valence-electron chi connectivity index (χ1n) is 11.0. The maximum Gasteiger partial charge on any atom is 0.191 e. The molecule has 1 aliphatic heterocycles. The molecule has 1 saturated heterocycles. The quantitative estimate of drug-likeness (QED) is 0.226. The lowest BCUT2D eigenvalue weighted by Crippen LogP contribution is -2.38. The molecule has 0 amide bonds. The summed E-state index contributed by atoms with van der Waals surface area (Å²) in [6, 6.07) is 10.7. The second-order valence-corrected chi connectivity index (χ2v) is 8.00. The highest BCUT2D eigenvalue weighted by atomic mass is 127. The van der Waals surface area contributed by atoms with Gasteiger partial charge in [-0.3, -0.25) is 9.58 Å². The number of aliphatic imine (C=N–C) groups is 1. The van der Waals surface area contributed by atoms with Crippen LogP contribution in [-0.4, -0.2) is 46.8 Å². The van der Waals surface area contributed by atoms with Crippen LogP contribution in [0.4, 0.5) is 0 Å². The Balaban J connectivity index is 0.00000320. The van der Waals surface area contributed by atoms with Gasteiger partial charge in [-0.15, -0.1) is 24.0 Å². The van der Waals surface area contributed by atoms with Gasteiger partial charge in [0.1, 0.15) is 0 Å². The van der Waals surface area contributed by atoms with E-state index in [2.05, 4.69) is 58.7 Å². The van der Waals surface area contributed by atoms with Crippen molar-refractivity contribution < 1.29 is 0 Å². The molecule has 0 spiro atoms. The van der Waals surface area contributed by atoms with Gasteiger partial charge in [-0.25, -0.2) is 4.99 Å². The summed E-state index contributed by atoms with van der Waals surface area (Å²) in [7, 11) is 0. The van der Waals surface area contributed by atoms with E-state index in [0.29, 0.717) is 6.54 Å². The standard InChI is InChI=1S/C23H36N6.HI/c1-3-24-23(25-12-7-15-29-16-8-13-27-29)26-17-21-10-4-5-11-22(21)19-28-14-6-9-20(2)18-28;/h4-5,8,10-11,13,16,20H,3,6-7,9,12,14-15,17-19H2,1-2H3,(H2,24,25,26);1H. The van der Waals surface area contributed by atoms with Gasteiger partial charge in [-0.05, 0) is 55.8 Å². The zero-order valence-electron chi connectivity index (χ0n) is 18.4. The predicted molar refractivity (Wildman–Crippen MR) is 135 cm³/mol. The van der Waals surface area contributed by atoms with E-state index in [0.717, 1.165) is 44.5 Å². The lowest BCUT2D eigenvalue weighted by molar-refractivity contribution is 0.176. The van der Waals surface area contributed by atoms with Crippen LogP contribution in [0.3, 0.4) is 0 Å². The zero-order chi connectivity index (χ0) is 20.3. The normalized spacial score (nSPS) is 17.4. The molecule has 0 radical (unpaired) electrons. The van der Waals surface area contributed by atoms with Gasteiger partial charge in [0.25, 0.3) is 0 Å². The number of likely N-dealkylation sites (tertiary alicyclic amines) is 1. The Labute approximate surface area is 198 Å². The minimum atomic E-state index is 0. The number of aryl methyl sites for hydroxylation is 1. The summed E-state index contributed by atoms with van der Waals surface area (Å²) >= 11 is 0. The highest BCUT2D eigenvalue weighted by molar-refractivity contribution is 14.0. The number of hydrogen-bond donors (Lipinski definition) is 2. The Morgan fingerprint density at radius 3 is 2.77 bits per heavy atom. The number of piperidine rings is 1. The van der Waals surface area contributed by atoms with Gasteiger partial charge >= 0.3 is 0 Å². The molecule has 0 bridgehead atoms. The van der Waals surface area contributed by atoms with Crippen LogP contribution >= 0.6 is 24.0 Å². The minimum absolute atomic E-state index is 0. The van der Waals surface area contributed by atoms with E-state index in [4.69, 9.17) is 4.99 Å². The summed E-state index contributed by atoms with van der Waals surface area (Å²) in [5.74, 6) is 1.69. The summed E-state index contributed by atoms with van der Waals surface area (Å²) in [5.41, 5.74) is 2.72. The van der Waals surface area contributed by atoms with Crippen molar-refractivity contribution >= 4 is 29.9 Å². The monoisotopic (exact) mass is 524 g/mol. The summed E-state index contributed by atoms with van der Waals surface area (Å²) in [6.07, 6.45) is 7.51. The zero-order valence-corrected chi connectivity index (χ0v) is 20.7. The number of hydrogen-bond acceptors (Lipinski definition) is 3. The highest BCUT2D eigenvalue weighted by Crippen LogP contribution is 2.20. The van der Waals surface area contributed by atoms with Crippen molar-refractivity contribution in [2.75, 3.05) is 26.2 Å². The fraction of sp³-hybridized carbons (Fsp3) is 0.565. The van der Waals surface area contributed by atoms with Gasteiger partial charge in [0, 0.05) is 45.1 Å². The van der Waals surface area contributed by atoms with Gasteiger partial charge in [0.15, 0.2) is 5.96 Å². The number of guanidine groups is 1. The molecule has 3 rings (SSSR count). The van der Waals surface area contributed by atoms with E-state index in [9.17, 15) is 0 Å². The first-order chi connectivity index (χ1) is 14.2. The molecule has 1 aromatic heterocycles. The van der Waals surface area contributed by atoms with Crippen molar-refractivity contribution in [2.24, 2.45) is 10.9 Å². The molecule has 6 nitrogen and oxygen atoms in total. The van der Waals surface area contributed by atoms with Crippen molar-refractivity contribution in [3.05, 3.63) is 53.9 Å². The van der Waals surface area contributed by atoms with Crippen LogP contribution < -0.4 is 10.6 Å². The van der Waals surface area contributed by atoms with E-state index >= 15 is 0 Å². The van der Waals surface area contributed by atoms with Crippen molar-refractivity contribution in [3.8, 4) is 0 Å². The van der Waals surface area contributed by atoms with Crippen LogP contribution in [0, 0.1) is 5.92 Å². The van der Waals surface area contributed by atoms with E-state index in [1.54, 1.807) is 0 Å². The SMILES string of the molecule is CCNC(=NCc1ccccc1CN1CCCC(C)C1)NCCCn1cccn1.I. The Morgan fingerprint density at radius 2 is 2.03 bits per heavy atom. The first kappa shape index (κ1) is 24.7. The molecule has 0 aliphatic carbocycles. The number of halogens is 1. The first-order valence-corrected chi connectivity index (χ1v) is 11.0. The fourth-order valence-corrected chi connectivity index (χ4v) is 3.92. The van der Waals surface area contributed by atoms with Crippen LogP contribution in [0.1, 0.15) is 44.2 Å². The topological polar surface area (TPSA) is 57.5 Å². The van der Waals surface area contributed by atoms with Crippen LogP contribution in [-0.2, 0) is 19.6 Å². The smallest absolute Gasteiger partial charge is 0.191 e. The van der Waals surface area contributed by atoms with E-state index < -0.39 is 0 Å². The van der Waals surface area contributed by atoms with Crippen molar-refractivity contribution in [2.45, 2.75) is 52.7 Å². The molecule has 1 aliphatic rings. The number of rotatable bonds is 9. The number of benzene rings is 1. The van der Waals surface area contributed by atoms with Gasteiger partial charge in [0.2, 0.25) is 0 Å². The largest absolute Gasteiger partial charge is 0.357 e. The molecule has 166 valence electrons. The minimum Gasteiger partial charge on any atom is -0.357 e. The molecule has 2 N–H and O–H groups in total. The third kappa shape index (κ3) is 8.26. The average molecular weight is 524 g/mol. The molecular weight excluding hydrogens is 487 g/mol. The Hall–Kier alpha value is -1.61. The summed E-state index contributed by atoms with van der Waals surface area (Å²) < 4.78 is 1.96. The molecule has 1 aromatic carbocycles. The summed E-state index contributed by atoms with van der Waals surface area (Å²) in [4.78, 5) is 7.43. The van der Waals surface area contributed by atoms with Crippen molar-refractivity contribution in [1.29, 1.82) is 0 Å². The molecule has 1 atom stereocenters. The Bertz CT molecular complexity index is 746. The Morgan fingerprint density at radius 1 is 1.20 bits per heavy atom. The summed E-state index contributed by atoms with van der Waals surface area (Å²) in [5, 5.41) is 11.1. The van der Waals surface area contributed by atoms with Gasteiger partial charge < -0.3 is 10.6 Å². The van der Waals surface area contributed by atoms with E-state index in [1.807, 2.05) is 23.1 Å². The van der Waals surface area contributed by atoms with Crippen molar-refractivity contribution in [1.82, 2.24) is 25.3 Å². The number of aromatic nitrogens is 2. The molecule has 0 saturated carbocycles. The van der Waals surface area contributed by atoms with Crippen LogP contribution in [0.2, 0.25) is 0 Å². The van der Waals surface area contributed by atoms with E-state index in [1.165, 1.54) is 37.1 Å². The van der Waals surface area contributed by atoms with Gasteiger partial charge in [-0.1, -0.05) is 31.2 Å². The predicted octanol–water partition coefficient (Wildman–Crippen LogP) is 3.88. The van der Waals surface area contributed by atoms with Gasteiger partial charge in [-0.2, -0.15) is 5.10 Å². The maximum absolute atomic E-state index is 4.84. The molecule has 1 unspecified atom stereocenters. The van der Waals surface area contributed by atoms with Gasteiger partial charge in [0.05, 0.1) is 6.54 Å². The van der Waals surface area contributed by atoms with Crippen LogP contribution in [0.15, 0.2) is 47.7 Å². The third-order valence-electron chi connectivity index (χ3n) is 5.42. The fourth-order valence-electron chi connectivity index (χ4n) is 3.92. The molecule has 2 aromatic rings. The molecule has 1 fully saturated rings. The second kappa shape index (κ2) is 13.6. The van der Waals surface area contributed by atoms with Crippen LogP contribution in [0.25, 0.3) is 0 Å². The van der Waals surface area contributed by atoms with Crippen molar-refractivity contribution in [3.63, 3.8) is 0 Å². The lowest BCUT2D eigenvalue weighted by atomic mass is 9.99. The third-order valence-corrected chi connectivity index (χ3v) is 5.42. The highest BCUT2D eigenvalue weighted by Gasteiger charge is 2.17. The average Bonchev–Trinajstić information content (AvgIpc) is 3.24. The molecular formula is C23H37IN6. The Kier molecular flexibility index (Phi) is 11.2. The number of nitrogens with one attached hydrogen (secondary N) is 2. The lowest BCUT2D eigenvalue weighted by Gasteiger charge is -2.31. The van der Waals surface area contributed by atoms with E-state index in [-0.39, 0.29) is 24.0 Å². The molecule has 2 heterocycles. The number of nitrogens with zero attached hydrogens (tertiary/aromatic N) is 4. The molecule has 7 heteroatoms. The maximum atomic E-state index is 4.84. The molecule has 30 heavy (non-hydrogen) atoms. The second-order valence-electron chi connectivity index (χ2n) is 8.00. The summed E-state index contributed by atoms with van der Waals surface area (Å²) in [6.45, 7) is 11.3. The van der Waals surface area contributed by atoms with Crippen LogP contribution in [0.5, 0.6) is 0 Å².